The van der Waals surface area contributed by atoms with Crippen molar-refractivity contribution in [1.82, 2.24) is 15.5 Å². The number of nitrogens with one attached hydrogen (secondary N) is 2. The van der Waals surface area contributed by atoms with Gasteiger partial charge >= 0.3 is 0 Å². The summed E-state index contributed by atoms with van der Waals surface area (Å²) in [6.45, 7) is 0. The molecule has 0 bridgehead atoms. The standard InChI is InChI=1S/C16H17N3OS/c20-16(14-9-13(18-19-14)10-5-6-10)17-12-7-8-21-15-4-2-1-3-11(12)15/h1-4,9-10,12H,5-8H2,(H,17,20)(H,18,19)/t12-/m0/s1. The molecule has 1 aromatic carbocycles. The molecule has 1 atom stereocenters. The van der Waals surface area contributed by atoms with Crippen molar-refractivity contribution < 1.29 is 4.79 Å². The minimum absolute atomic E-state index is 0.0788. The molecule has 2 aliphatic rings. The van der Waals surface area contributed by atoms with E-state index in [1.807, 2.05) is 30.0 Å². The van der Waals surface area contributed by atoms with Gasteiger partial charge in [0.15, 0.2) is 0 Å². The van der Waals surface area contributed by atoms with Crippen LogP contribution in [0.15, 0.2) is 35.2 Å². The molecular weight excluding hydrogens is 282 g/mol. The van der Waals surface area contributed by atoms with Gasteiger partial charge in [0.25, 0.3) is 5.91 Å². The van der Waals surface area contributed by atoms with Crippen LogP contribution in [0.5, 0.6) is 0 Å². The minimum atomic E-state index is -0.0788. The van der Waals surface area contributed by atoms with Crippen LogP contribution in [0.25, 0.3) is 0 Å². The average Bonchev–Trinajstić information content (AvgIpc) is 3.25. The Labute approximate surface area is 127 Å². The lowest BCUT2D eigenvalue weighted by Crippen LogP contribution is -2.30. The molecule has 21 heavy (non-hydrogen) atoms. The second-order valence-corrected chi connectivity index (χ2v) is 6.82. The molecule has 2 aromatic rings. The number of benzene rings is 1. The normalized spacial score (nSPS) is 20.9. The third-order valence-electron chi connectivity index (χ3n) is 4.11. The fourth-order valence-electron chi connectivity index (χ4n) is 2.78. The highest BCUT2D eigenvalue weighted by Gasteiger charge is 2.27. The van der Waals surface area contributed by atoms with Gasteiger partial charge in [-0.25, -0.2) is 0 Å². The first kappa shape index (κ1) is 13.0. The van der Waals surface area contributed by atoms with E-state index in [0.717, 1.165) is 17.9 Å². The molecule has 1 fully saturated rings. The lowest BCUT2D eigenvalue weighted by atomic mass is 10.0. The van der Waals surface area contributed by atoms with Crippen LogP contribution in [-0.4, -0.2) is 21.9 Å². The molecule has 2 heterocycles. The molecular formula is C16H17N3OS. The predicted molar refractivity (Wildman–Crippen MR) is 82.6 cm³/mol. The van der Waals surface area contributed by atoms with E-state index in [-0.39, 0.29) is 11.9 Å². The summed E-state index contributed by atoms with van der Waals surface area (Å²) in [6, 6.07) is 10.3. The highest BCUT2D eigenvalue weighted by molar-refractivity contribution is 7.99. The van der Waals surface area contributed by atoms with Gasteiger partial charge in [0.2, 0.25) is 0 Å². The zero-order chi connectivity index (χ0) is 14.2. The quantitative estimate of drug-likeness (QED) is 0.914. The van der Waals surface area contributed by atoms with E-state index in [1.54, 1.807) is 0 Å². The first-order chi connectivity index (χ1) is 10.3. The average molecular weight is 299 g/mol. The van der Waals surface area contributed by atoms with Gasteiger partial charge in [-0.1, -0.05) is 18.2 Å². The fraction of sp³-hybridized carbons (Fsp3) is 0.375. The summed E-state index contributed by atoms with van der Waals surface area (Å²) in [4.78, 5) is 13.7. The highest BCUT2D eigenvalue weighted by atomic mass is 32.2. The molecule has 2 N–H and O–H groups in total. The topological polar surface area (TPSA) is 57.8 Å². The molecule has 1 amide bonds. The lowest BCUT2D eigenvalue weighted by Gasteiger charge is -2.25. The molecule has 4 nitrogen and oxygen atoms in total. The Morgan fingerprint density at radius 1 is 1.29 bits per heavy atom. The first-order valence-electron chi connectivity index (χ1n) is 7.39. The number of carbonyl (C=O) groups excluding carboxylic acids is 1. The van der Waals surface area contributed by atoms with Gasteiger partial charge in [-0.3, -0.25) is 9.89 Å². The Morgan fingerprint density at radius 3 is 3.00 bits per heavy atom. The van der Waals surface area contributed by atoms with E-state index in [0.29, 0.717) is 11.6 Å². The molecule has 0 unspecified atom stereocenters. The van der Waals surface area contributed by atoms with Crippen molar-refractivity contribution in [2.24, 2.45) is 0 Å². The number of aromatic nitrogens is 2. The zero-order valence-corrected chi connectivity index (χ0v) is 12.5. The van der Waals surface area contributed by atoms with Crippen LogP contribution in [-0.2, 0) is 0 Å². The zero-order valence-electron chi connectivity index (χ0n) is 11.6. The van der Waals surface area contributed by atoms with Crippen LogP contribution >= 0.6 is 11.8 Å². The van der Waals surface area contributed by atoms with Gasteiger partial charge in [0.05, 0.1) is 6.04 Å². The van der Waals surface area contributed by atoms with Crippen molar-refractivity contribution in [3.8, 4) is 0 Å². The Kier molecular flexibility index (Phi) is 3.22. The summed E-state index contributed by atoms with van der Waals surface area (Å²) in [7, 11) is 0. The van der Waals surface area contributed by atoms with Gasteiger partial charge in [-0.2, -0.15) is 5.10 Å². The van der Waals surface area contributed by atoms with Gasteiger partial charge in [0.1, 0.15) is 5.69 Å². The number of thioether (sulfide) groups is 1. The van der Waals surface area contributed by atoms with Crippen molar-refractivity contribution in [2.45, 2.75) is 36.1 Å². The number of rotatable bonds is 3. The number of H-pyrrole nitrogens is 1. The Hall–Kier alpha value is -1.75. The largest absolute Gasteiger partial charge is 0.344 e. The molecule has 0 spiro atoms. The van der Waals surface area contributed by atoms with E-state index in [2.05, 4.69) is 27.6 Å². The van der Waals surface area contributed by atoms with Crippen molar-refractivity contribution in [3.63, 3.8) is 0 Å². The predicted octanol–water partition coefficient (Wildman–Crippen LogP) is 3.25. The Morgan fingerprint density at radius 2 is 2.14 bits per heavy atom. The van der Waals surface area contributed by atoms with Crippen LogP contribution in [0, 0.1) is 0 Å². The number of hydrogen-bond donors (Lipinski definition) is 2. The molecule has 0 radical (unpaired) electrons. The van der Waals surface area contributed by atoms with Gasteiger partial charge < -0.3 is 5.32 Å². The summed E-state index contributed by atoms with van der Waals surface area (Å²) < 4.78 is 0. The summed E-state index contributed by atoms with van der Waals surface area (Å²) in [6.07, 6.45) is 3.38. The van der Waals surface area contributed by atoms with E-state index >= 15 is 0 Å². The first-order valence-corrected chi connectivity index (χ1v) is 8.38. The van der Waals surface area contributed by atoms with Crippen LogP contribution in [0.1, 0.15) is 53.0 Å². The second kappa shape index (κ2) is 5.22. The number of carbonyl (C=O) groups is 1. The molecule has 1 saturated carbocycles. The van der Waals surface area contributed by atoms with Crippen LogP contribution in [0.3, 0.4) is 0 Å². The van der Waals surface area contributed by atoms with E-state index < -0.39 is 0 Å². The Balaban J connectivity index is 1.51. The summed E-state index contributed by atoms with van der Waals surface area (Å²) >= 11 is 1.86. The van der Waals surface area contributed by atoms with Crippen LogP contribution < -0.4 is 5.32 Å². The monoisotopic (exact) mass is 299 g/mol. The van der Waals surface area contributed by atoms with E-state index in [1.165, 1.54) is 23.3 Å². The molecule has 0 saturated heterocycles. The van der Waals surface area contributed by atoms with Crippen LogP contribution in [0.4, 0.5) is 0 Å². The number of aromatic amines is 1. The SMILES string of the molecule is O=C(N[C@H]1CCSc2ccccc21)c1cc(C2CC2)[nH]n1. The highest BCUT2D eigenvalue weighted by Crippen LogP contribution is 2.39. The van der Waals surface area contributed by atoms with Crippen molar-refractivity contribution >= 4 is 17.7 Å². The maximum absolute atomic E-state index is 12.4. The summed E-state index contributed by atoms with van der Waals surface area (Å²) in [5.41, 5.74) is 2.83. The van der Waals surface area contributed by atoms with E-state index in [9.17, 15) is 4.79 Å². The molecule has 1 aliphatic carbocycles. The molecule has 5 heteroatoms. The van der Waals surface area contributed by atoms with Crippen LogP contribution in [0.2, 0.25) is 0 Å². The Bertz CT molecular complexity index is 678. The maximum atomic E-state index is 12.4. The lowest BCUT2D eigenvalue weighted by molar-refractivity contribution is 0.0930. The van der Waals surface area contributed by atoms with Gasteiger partial charge in [-0.15, -0.1) is 11.8 Å². The number of hydrogen-bond acceptors (Lipinski definition) is 3. The number of nitrogens with zero attached hydrogens (tertiary/aromatic N) is 1. The molecule has 108 valence electrons. The van der Waals surface area contributed by atoms with Crippen molar-refractivity contribution in [3.05, 3.63) is 47.3 Å². The maximum Gasteiger partial charge on any atom is 0.272 e. The van der Waals surface area contributed by atoms with Gasteiger partial charge in [0, 0.05) is 22.3 Å². The molecule has 1 aromatic heterocycles. The van der Waals surface area contributed by atoms with E-state index in [4.69, 9.17) is 0 Å². The fourth-order valence-corrected chi connectivity index (χ4v) is 3.91. The minimum Gasteiger partial charge on any atom is -0.344 e. The smallest absolute Gasteiger partial charge is 0.272 e. The summed E-state index contributed by atoms with van der Waals surface area (Å²) in [5, 5.41) is 10.3. The molecule has 4 rings (SSSR count). The van der Waals surface area contributed by atoms with Crippen molar-refractivity contribution in [1.29, 1.82) is 0 Å². The third-order valence-corrected chi connectivity index (χ3v) is 5.23. The second-order valence-electron chi connectivity index (χ2n) is 5.68. The van der Waals surface area contributed by atoms with Crippen molar-refractivity contribution in [2.75, 3.05) is 5.75 Å². The molecule has 1 aliphatic heterocycles. The summed E-state index contributed by atoms with van der Waals surface area (Å²) in [5.74, 6) is 1.55. The van der Waals surface area contributed by atoms with Gasteiger partial charge in [-0.05, 0) is 37.0 Å². The third kappa shape index (κ3) is 2.58. The number of amides is 1. The number of fused-ring (bicyclic) bond motifs is 1.